The van der Waals surface area contributed by atoms with Crippen LogP contribution in [0.4, 0.5) is 5.88 Å². The molecule has 0 amide bonds. The van der Waals surface area contributed by atoms with E-state index in [-0.39, 0.29) is 0 Å². The fourth-order valence-corrected chi connectivity index (χ4v) is 1.60. The normalized spacial score (nSPS) is 24.2. The second-order valence-corrected chi connectivity index (χ2v) is 3.20. The SMILES string of the molecule is Nc1cc(C2CCCNC2)no1. The van der Waals surface area contributed by atoms with Crippen LogP contribution in [-0.4, -0.2) is 18.2 Å². The lowest BCUT2D eigenvalue weighted by molar-refractivity contribution is 0.396. The second-order valence-electron chi connectivity index (χ2n) is 3.20. The van der Waals surface area contributed by atoms with Gasteiger partial charge in [0.25, 0.3) is 0 Å². The number of anilines is 1. The first-order valence-electron chi connectivity index (χ1n) is 4.29. The maximum Gasteiger partial charge on any atom is 0.222 e. The number of nitrogens with zero attached hydrogens (tertiary/aromatic N) is 1. The van der Waals surface area contributed by atoms with Crippen LogP contribution >= 0.6 is 0 Å². The van der Waals surface area contributed by atoms with E-state index in [2.05, 4.69) is 10.5 Å². The molecule has 4 nitrogen and oxygen atoms in total. The van der Waals surface area contributed by atoms with Crippen LogP contribution < -0.4 is 11.1 Å². The summed E-state index contributed by atoms with van der Waals surface area (Å²) in [6.07, 6.45) is 2.39. The van der Waals surface area contributed by atoms with Gasteiger partial charge in [-0.15, -0.1) is 0 Å². The van der Waals surface area contributed by atoms with Crippen molar-refractivity contribution >= 4 is 5.88 Å². The highest BCUT2D eigenvalue weighted by molar-refractivity contribution is 5.26. The number of hydrogen-bond acceptors (Lipinski definition) is 4. The maximum absolute atomic E-state index is 5.44. The van der Waals surface area contributed by atoms with Crippen molar-refractivity contribution in [3.05, 3.63) is 11.8 Å². The molecule has 1 fully saturated rings. The lowest BCUT2D eigenvalue weighted by Gasteiger charge is -2.19. The average Bonchev–Trinajstić information content (AvgIpc) is 2.54. The molecule has 0 saturated carbocycles. The van der Waals surface area contributed by atoms with E-state index in [9.17, 15) is 0 Å². The van der Waals surface area contributed by atoms with Gasteiger partial charge >= 0.3 is 0 Å². The highest BCUT2D eigenvalue weighted by Gasteiger charge is 2.18. The number of piperidine rings is 1. The van der Waals surface area contributed by atoms with Crippen molar-refractivity contribution in [2.75, 3.05) is 18.8 Å². The van der Waals surface area contributed by atoms with Crippen LogP contribution in [0.25, 0.3) is 0 Å². The molecular weight excluding hydrogens is 154 g/mol. The average molecular weight is 167 g/mol. The molecule has 4 heteroatoms. The van der Waals surface area contributed by atoms with Gasteiger partial charge in [0.05, 0.1) is 5.69 Å². The largest absolute Gasteiger partial charge is 0.368 e. The summed E-state index contributed by atoms with van der Waals surface area (Å²) in [5.41, 5.74) is 6.42. The quantitative estimate of drug-likeness (QED) is 0.647. The molecule has 1 aliphatic heterocycles. The second kappa shape index (κ2) is 3.15. The Morgan fingerprint density at radius 3 is 3.17 bits per heavy atom. The van der Waals surface area contributed by atoms with Crippen molar-refractivity contribution in [3.63, 3.8) is 0 Å². The Morgan fingerprint density at radius 1 is 1.67 bits per heavy atom. The number of aromatic nitrogens is 1. The van der Waals surface area contributed by atoms with Gasteiger partial charge in [0.2, 0.25) is 5.88 Å². The monoisotopic (exact) mass is 167 g/mol. The molecule has 0 bridgehead atoms. The minimum absolute atomic E-state index is 0.413. The van der Waals surface area contributed by atoms with Gasteiger partial charge in [0.1, 0.15) is 0 Å². The third-order valence-corrected chi connectivity index (χ3v) is 2.26. The van der Waals surface area contributed by atoms with E-state index >= 15 is 0 Å². The molecule has 0 spiro atoms. The van der Waals surface area contributed by atoms with Gasteiger partial charge in [0, 0.05) is 18.5 Å². The number of nitrogens with two attached hydrogens (primary N) is 1. The van der Waals surface area contributed by atoms with Gasteiger partial charge in [0.15, 0.2) is 0 Å². The van der Waals surface area contributed by atoms with Gasteiger partial charge in [-0.1, -0.05) is 5.16 Å². The van der Waals surface area contributed by atoms with Gasteiger partial charge in [-0.05, 0) is 19.4 Å². The van der Waals surface area contributed by atoms with Gasteiger partial charge < -0.3 is 15.6 Å². The van der Waals surface area contributed by atoms with Crippen LogP contribution in [0.5, 0.6) is 0 Å². The van der Waals surface area contributed by atoms with Crippen LogP contribution in [0, 0.1) is 0 Å². The lowest BCUT2D eigenvalue weighted by atomic mass is 9.96. The Balaban J connectivity index is 2.08. The molecule has 2 heterocycles. The highest BCUT2D eigenvalue weighted by atomic mass is 16.5. The van der Waals surface area contributed by atoms with Crippen molar-refractivity contribution in [1.82, 2.24) is 10.5 Å². The first-order chi connectivity index (χ1) is 5.86. The third kappa shape index (κ3) is 1.43. The van der Waals surface area contributed by atoms with E-state index in [0.29, 0.717) is 11.8 Å². The predicted molar refractivity (Wildman–Crippen MR) is 45.8 cm³/mol. The minimum Gasteiger partial charge on any atom is -0.368 e. The zero-order valence-electron chi connectivity index (χ0n) is 6.92. The first-order valence-corrected chi connectivity index (χ1v) is 4.29. The Labute approximate surface area is 71.1 Å². The van der Waals surface area contributed by atoms with Crippen LogP contribution in [0.1, 0.15) is 24.5 Å². The van der Waals surface area contributed by atoms with E-state index < -0.39 is 0 Å². The smallest absolute Gasteiger partial charge is 0.222 e. The maximum atomic E-state index is 5.44. The highest BCUT2D eigenvalue weighted by Crippen LogP contribution is 2.23. The molecule has 12 heavy (non-hydrogen) atoms. The first kappa shape index (κ1) is 7.61. The van der Waals surface area contributed by atoms with Gasteiger partial charge in [-0.25, -0.2) is 0 Å². The Kier molecular flexibility index (Phi) is 1.99. The van der Waals surface area contributed by atoms with E-state index in [0.717, 1.165) is 18.8 Å². The van der Waals surface area contributed by atoms with Gasteiger partial charge in [-0.2, -0.15) is 0 Å². The van der Waals surface area contributed by atoms with Crippen LogP contribution in [-0.2, 0) is 0 Å². The molecule has 1 aromatic heterocycles. The molecule has 0 aromatic carbocycles. The standard InChI is InChI=1S/C8H13N3O/c9-8-4-7(11-12-8)6-2-1-3-10-5-6/h4,6,10H,1-3,5,9H2. The summed E-state index contributed by atoms with van der Waals surface area (Å²) in [5, 5.41) is 7.22. The summed E-state index contributed by atoms with van der Waals surface area (Å²) in [6, 6.07) is 1.82. The molecule has 1 unspecified atom stereocenters. The molecule has 2 rings (SSSR count). The molecule has 1 aliphatic rings. The van der Waals surface area contributed by atoms with E-state index in [4.69, 9.17) is 10.3 Å². The molecule has 1 aromatic rings. The number of hydrogen-bond donors (Lipinski definition) is 2. The van der Waals surface area contributed by atoms with Crippen LogP contribution in [0.2, 0.25) is 0 Å². The van der Waals surface area contributed by atoms with Crippen LogP contribution in [0.15, 0.2) is 10.6 Å². The fraction of sp³-hybridized carbons (Fsp3) is 0.625. The molecular formula is C8H13N3O. The number of nitrogens with one attached hydrogen (secondary N) is 1. The Hall–Kier alpha value is -1.03. The fourth-order valence-electron chi connectivity index (χ4n) is 1.60. The molecule has 1 saturated heterocycles. The van der Waals surface area contributed by atoms with E-state index in [1.807, 2.05) is 6.07 Å². The summed E-state index contributed by atoms with van der Waals surface area (Å²) in [4.78, 5) is 0. The zero-order chi connectivity index (χ0) is 8.39. The molecule has 0 aliphatic carbocycles. The summed E-state index contributed by atoms with van der Waals surface area (Å²) >= 11 is 0. The van der Waals surface area contributed by atoms with Gasteiger partial charge in [-0.3, -0.25) is 0 Å². The Bertz CT molecular complexity index is 253. The predicted octanol–water partition coefficient (Wildman–Crippen LogP) is 0.724. The minimum atomic E-state index is 0.413. The molecule has 0 radical (unpaired) electrons. The summed E-state index contributed by atoms with van der Waals surface area (Å²) < 4.78 is 4.82. The Morgan fingerprint density at radius 2 is 2.58 bits per heavy atom. The lowest BCUT2D eigenvalue weighted by Crippen LogP contribution is -2.28. The summed E-state index contributed by atoms with van der Waals surface area (Å²) in [7, 11) is 0. The molecule has 3 N–H and O–H groups in total. The van der Waals surface area contributed by atoms with Crippen molar-refractivity contribution in [2.45, 2.75) is 18.8 Å². The zero-order valence-corrected chi connectivity index (χ0v) is 6.92. The number of nitrogen functional groups attached to an aromatic ring is 1. The van der Waals surface area contributed by atoms with Crippen molar-refractivity contribution in [3.8, 4) is 0 Å². The number of rotatable bonds is 1. The van der Waals surface area contributed by atoms with Crippen LogP contribution in [0.3, 0.4) is 0 Å². The van der Waals surface area contributed by atoms with Crippen molar-refractivity contribution in [1.29, 1.82) is 0 Å². The van der Waals surface area contributed by atoms with E-state index in [1.165, 1.54) is 12.8 Å². The molecule has 1 atom stereocenters. The van der Waals surface area contributed by atoms with Crippen molar-refractivity contribution < 1.29 is 4.52 Å². The van der Waals surface area contributed by atoms with E-state index in [1.54, 1.807) is 0 Å². The summed E-state index contributed by atoms with van der Waals surface area (Å²) in [5.74, 6) is 0.898. The topological polar surface area (TPSA) is 64.1 Å². The third-order valence-electron chi connectivity index (χ3n) is 2.26. The van der Waals surface area contributed by atoms with Crippen molar-refractivity contribution in [2.24, 2.45) is 0 Å². The molecule has 66 valence electrons. The summed E-state index contributed by atoms with van der Waals surface area (Å²) in [6.45, 7) is 2.11.